The molecule has 0 N–H and O–H groups in total. The zero-order valence-corrected chi connectivity index (χ0v) is 22.1. The molecule has 7 rings (SSSR count). The van der Waals surface area contributed by atoms with Crippen LogP contribution in [0.1, 0.15) is 24.0 Å². The number of carbonyl (C=O) groups is 2. The van der Waals surface area contributed by atoms with Crippen LogP contribution in [0.4, 0.5) is 32.3 Å². The fourth-order valence-corrected chi connectivity index (χ4v) is 6.33. The smallest absolute Gasteiger partial charge is 0.320 e. The lowest BCUT2D eigenvalue weighted by molar-refractivity contribution is 0.108. The molecule has 2 bridgehead atoms. The summed E-state index contributed by atoms with van der Waals surface area (Å²) in [6.07, 6.45) is 5.91. The number of anilines is 4. The number of rotatable bonds is 2. The monoisotopic (exact) mass is 526 g/mol. The van der Waals surface area contributed by atoms with Gasteiger partial charge in [0.25, 0.3) is 0 Å². The Morgan fingerprint density at radius 3 is 1.55 bits per heavy atom. The second-order valence-corrected chi connectivity index (χ2v) is 10.6. The van der Waals surface area contributed by atoms with Gasteiger partial charge >= 0.3 is 12.1 Å². The summed E-state index contributed by atoms with van der Waals surface area (Å²) in [5, 5.41) is 0. The predicted octanol–water partition coefficient (Wildman–Crippen LogP) is 7.54. The molecule has 3 heterocycles. The maximum atomic E-state index is 14.3. The van der Waals surface area contributed by atoms with Gasteiger partial charge in [0.05, 0.1) is 34.8 Å². The maximum Gasteiger partial charge on any atom is 0.329 e. The number of nitrogens with zero attached hydrogens (tertiary/aromatic N) is 4. The number of carbonyl (C=O) groups excluding carboxylic acids is 2. The van der Waals surface area contributed by atoms with Crippen LogP contribution in [0.5, 0.6) is 0 Å². The summed E-state index contributed by atoms with van der Waals surface area (Å²) in [6, 6.07) is 35.5. The van der Waals surface area contributed by atoms with E-state index in [0.717, 1.165) is 46.7 Å². The van der Waals surface area contributed by atoms with Crippen LogP contribution in [0.25, 0.3) is 12.2 Å². The van der Waals surface area contributed by atoms with E-state index in [1.54, 1.807) is 4.90 Å². The van der Waals surface area contributed by atoms with Crippen LogP contribution in [-0.2, 0) is 0 Å². The summed E-state index contributed by atoms with van der Waals surface area (Å²) >= 11 is 0. The predicted molar refractivity (Wildman–Crippen MR) is 160 cm³/mol. The van der Waals surface area contributed by atoms with Gasteiger partial charge in [-0.15, -0.1) is 0 Å². The lowest BCUT2D eigenvalue weighted by Crippen LogP contribution is -2.60. The third-order valence-electron chi connectivity index (χ3n) is 8.18. The first-order chi connectivity index (χ1) is 19.7. The van der Waals surface area contributed by atoms with Gasteiger partial charge in [0.2, 0.25) is 0 Å². The number of para-hydroxylation sites is 4. The molecule has 4 amide bonds. The zero-order chi connectivity index (χ0) is 27.1. The van der Waals surface area contributed by atoms with E-state index in [-0.39, 0.29) is 24.1 Å². The molecular formula is C34H30N4O2. The van der Waals surface area contributed by atoms with Gasteiger partial charge in [-0.05, 0) is 60.4 Å². The number of hydrogen-bond donors (Lipinski definition) is 0. The second kappa shape index (κ2) is 10.0. The fourth-order valence-electron chi connectivity index (χ4n) is 6.33. The third kappa shape index (κ3) is 4.13. The van der Waals surface area contributed by atoms with E-state index < -0.39 is 0 Å². The summed E-state index contributed by atoms with van der Waals surface area (Å²) in [5.41, 5.74) is 5.43. The molecule has 4 aromatic carbocycles. The van der Waals surface area contributed by atoms with Crippen molar-refractivity contribution in [3.8, 4) is 0 Å². The van der Waals surface area contributed by atoms with Gasteiger partial charge < -0.3 is 9.80 Å². The minimum Gasteiger partial charge on any atom is -0.320 e. The Balaban J connectivity index is 1.19. The number of urea groups is 2. The molecule has 0 spiro atoms. The molecule has 2 atom stereocenters. The first-order valence-corrected chi connectivity index (χ1v) is 13.9. The SMILES string of the molecule is O=C(N1CC2CCC(C1)N2C(=O)N(c1ccccc1)c1ccccc1)N1c2ccccc2C=Cc2ccccc21. The molecule has 198 valence electrons. The molecule has 2 fully saturated rings. The number of hydrogen-bond acceptors (Lipinski definition) is 2. The van der Waals surface area contributed by atoms with E-state index in [9.17, 15) is 9.59 Å². The van der Waals surface area contributed by atoms with Crippen molar-refractivity contribution in [1.29, 1.82) is 0 Å². The molecule has 4 aromatic rings. The Bertz CT molecular complexity index is 1480. The minimum absolute atomic E-state index is 0.0355. The molecule has 3 aliphatic heterocycles. The van der Waals surface area contributed by atoms with Gasteiger partial charge in [-0.25, -0.2) is 9.59 Å². The average molecular weight is 527 g/mol. The molecule has 0 saturated carbocycles. The van der Waals surface area contributed by atoms with Crippen molar-refractivity contribution < 1.29 is 9.59 Å². The van der Waals surface area contributed by atoms with Gasteiger partial charge in [0.1, 0.15) is 0 Å². The molecule has 3 aliphatic rings. The van der Waals surface area contributed by atoms with E-state index in [2.05, 4.69) is 12.2 Å². The average Bonchev–Trinajstić information content (AvgIpc) is 3.16. The molecule has 2 unspecified atom stereocenters. The highest BCUT2D eigenvalue weighted by Gasteiger charge is 2.46. The van der Waals surface area contributed by atoms with E-state index >= 15 is 0 Å². The fraction of sp³-hybridized carbons (Fsp3) is 0.176. The molecule has 2 saturated heterocycles. The standard InChI is InChI=1S/C34H30N4O2/c39-33(38-31-17-9-7-11-25(31)19-20-26-12-8-10-18-32(26)38)35-23-29-21-22-30(24-35)37(29)34(40)36(27-13-3-1-4-14-27)28-15-5-2-6-16-28/h1-20,29-30H,21-24H2. The van der Waals surface area contributed by atoms with Crippen LogP contribution in [-0.4, -0.2) is 47.0 Å². The number of benzene rings is 4. The van der Waals surface area contributed by atoms with Crippen molar-refractivity contribution in [3.05, 3.63) is 120 Å². The Kier molecular flexibility index (Phi) is 6.08. The van der Waals surface area contributed by atoms with Gasteiger partial charge in [-0.1, -0.05) is 84.9 Å². The number of piperazine rings is 1. The largest absolute Gasteiger partial charge is 0.329 e. The van der Waals surface area contributed by atoms with E-state index in [4.69, 9.17) is 0 Å². The van der Waals surface area contributed by atoms with E-state index in [1.165, 1.54) is 0 Å². The Morgan fingerprint density at radius 2 is 1.05 bits per heavy atom. The lowest BCUT2D eigenvalue weighted by atomic mass is 10.1. The summed E-state index contributed by atoms with van der Waals surface area (Å²) in [7, 11) is 0. The molecule has 6 heteroatoms. The van der Waals surface area contributed by atoms with E-state index in [0.29, 0.717) is 13.1 Å². The van der Waals surface area contributed by atoms with Gasteiger partial charge in [-0.2, -0.15) is 0 Å². The summed E-state index contributed by atoms with van der Waals surface area (Å²) in [5.74, 6) is 0. The second-order valence-electron chi connectivity index (χ2n) is 10.6. The number of amides is 4. The minimum atomic E-state index is -0.0458. The number of likely N-dealkylation sites (tertiary alicyclic amines) is 1. The van der Waals surface area contributed by atoms with Gasteiger partial charge in [0.15, 0.2) is 0 Å². The highest BCUT2D eigenvalue weighted by atomic mass is 16.2. The van der Waals surface area contributed by atoms with Crippen molar-refractivity contribution in [2.75, 3.05) is 22.9 Å². The molecular weight excluding hydrogens is 496 g/mol. The molecule has 6 nitrogen and oxygen atoms in total. The van der Waals surface area contributed by atoms with Gasteiger partial charge in [-0.3, -0.25) is 9.80 Å². The van der Waals surface area contributed by atoms with Gasteiger partial charge in [0, 0.05) is 13.1 Å². The Morgan fingerprint density at radius 1 is 0.600 bits per heavy atom. The summed E-state index contributed by atoms with van der Waals surface area (Å²) < 4.78 is 0. The van der Waals surface area contributed by atoms with Crippen molar-refractivity contribution in [3.63, 3.8) is 0 Å². The van der Waals surface area contributed by atoms with Crippen LogP contribution >= 0.6 is 0 Å². The molecule has 0 radical (unpaired) electrons. The van der Waals surface area contributed by atoms with Crippen molar-refractivity contribution in [1.82, 2.24) is 9.80 Å². The zero-order valence-electron chi connectivity index (χ0n) is 22.1. The van der Waals surface area contributed by atoms with Crippen molar-refractivity contribution in [2.24, 2.45) is 0 Å². The third-order valence-corrected chi connectivity index (χ3v) is 8.18. The Labute approximate surface area is 234 Å². The van der Waals surface area contributed by atoms with Crippen LogP contribution in [0.2, 0.25) is 0 Å². The van der Waals surface area contributed by atoms with Crippen molar-refractivity contribution in [2.45, 2.75) is 24.9 Å². The van der Waals surface area contributed by atoms with Crippen LogP contribution in [0.15, 0.2) is 109 Å². The topological polar surface area (TPSA) is 47.1 Å². The Hall–Kier alpha value is -4.84. The first-order valence-electron chi connectivity index (χ1n) is 13.9. The van der Waals surface area contributed by atoms with Crippen molar-refractivity contribution >= 4 is 47.0 Å². The lowest BCUT2D eigenvalue weighted by Gasteiger charge is -2.44. The van der Waals surface area contributed by atoms with Crippen LogP contribution in [0, 0.1) is 0 Å². The normalized spacial score (nSPS) is 19.1. The molecule has 0 aromatic heterocycles. The number of fused-ring (bicyclic) bond motifs is 4. The quantitative estimate of drug-likeness (QED) is 0.271. The van der Waals surface area contributed by atoms with Crippen LogP contribution < -0.4 is 9.80 Å². The molecule has 0 aliphatic carbocycles. The summed E-state index contributed by atoms with van der Waals surface area (Å²) in [6.45, 7) is 1.01. The highest BCUT2D eigenvalue weighted by Crippen LogP contribution is 2.39. The van der Waals surface area contributed by atoms with E-state index in [1.807, 2.05) is 124 Å². The molecule has 40 heavy (non-hydrogen) atoms. The van der Waals surface area contributed by atoms with Crippen LogP contribution in [0.3, 0.4) is 0 Å². The first kappa shape index (κ1) is 24.2. The maximum absolute atomic E-state index is 14.3. The highest BCUT2D eigenvalue weighted by molar-refractivity contribution is 6.06. The summed E-state index contributed by atoms with van der Waals surface area (Å²) in [4.78, 5) is 36.2.